The van der Waals surface area contributed by atoms with Crippen LogP contribution in [0.1, 0.15) is 54.9 Å². The Labute approximate surface area is 230 Å². The van der Waals surface area contributed by atoms with Gasteiger partial charge in [-0.15, -0.1) is 23.1 Å². The average Bonchev–Trinajstić information content (AvgIpc) is 3.38. The number of hydrogen-bond donors (Lipinski definition) is 3. The minimum atomic E-state index is -1.28. The number of hydrogen-bond acceptors (Lipinski definition) is 9. The summed E-state index contributed by atoms with van der Waals surface area (Å²) in [5.74, 6) is 0.137. The third-order valence-electron chi connectivity index (χ3n) is 6.12. The monoisotopic (exact) mass is 553 g/mol. The summed E-state index contributed by atoms with van der Waals surface area (Å²) in [4.78, 5) is 36.1. The number of thiazole rings is 1. The second-order valence-electron chi connectivity index (χ2n) is 10.3. The molecule has 1 saturated heterocycles. The molecule has 11 heteroatoms. The Bertz CT molecular complexity index is 1270. The fourth-order valence-corrected chi connectivity index (χ4v) is 6.27. The van der Waals surface area contributed by atoms with Gasteiger partial charge in [-0.05, 0) is 57.4 Å². The first-order valence-electron chi connectivity index (χ1n) is 12.5. The number of rotatable bonds is 8. The summed E-state index contributed by atoms with van der Waals surface area (Å²) < 4.78 is 5.84. The maximum atomic E-state index is 13.4. The van der Waals surface area contributed by atoms with Gasteiger partial charge in [0.2, 0.25) is 12.3 Å². The summed E-state index contributed by atoms with van der Waals surface area (Å²) in [6.45, 7) is 5.57. The van der Waals surface area contributed by atoms with Crippen LogP contribution in [0.2, 0.25) is 0 Å². The Morgan fingerprint density at radius 2 is 1.95 bits per heavy atom. The largest absolute Gasteiger partial charge is 0.356 e. The molecule has 1 aliphatic carbocycles. The third kappa shape index (κ3) is 6.41. The van der Waals surface area contributed by atoms with Crippen molar-refractivity contribution in [2.45, 2.75) is 63.1 Å². The van der Waals surface area contributed by atoms with E-state index in [4.69, 9.17) is 4.74 Å². The topological polar surface area (TPSA) is 117 Å². The van der Waals surface area contributed by atoms with Gasteiger partial charge in [-0.1, -0.05) is 18.2 Å². The van der Waals surface area contributed by atoms with Crippen LogP contribution in [0.15, 0.2) is 54.2 Å². The number of carbonyl (C=O) groups excluding carboxylic acids is 2. The molecule has 1 aliphatic heterocycles. The van der Waals surface area contributed by atoms with E-state index in [2.05, 4.69) is 20.6 Å². The molecule has 2 aromatic heterocycles. The van der Waals surface area contributed by atoms with Crippen LogP contribution in [-0.2, 0) is 9.53 Å². The molecule has 200 valence electrons. The van der Waals surface area contributed by atoms with Crippen molar-refractivity contribution in [2.75, 3.05) is 11.1 Å². The second kappa shape index (κ2) is 11.1. The summed E-state index contributed by atoms with van der Waals surface area (Å²) in [7, 11) is 0. The van der Waals surface area contributed by atoms with E-state index >= 15 is 0 Å². The van der Waals surface area contributed by atoms with Gasteiger partial charge in [0.25, 0.3) is 5.91 Å². The van der Waals surface area contributed by atoms with E-state index in [0.717, 1.165) is 24.0 Å². The van der Waals surface area contributed by atoms with E-state index in [1.807, 2.05) is 50.4 Å². The lowest BCUT2D eigenvalue weighted by molar-refractivity contribution is -0.247. The number of nitrogens with one attached hydrogen (secondary N) is 2. The number of aliphatic hydroxyl groups is 1. The van der Waals surface area contributed by atoms with Gasteiger partial charge in [0.1, 0.15) is 6.04 Å². The minimum absolute atomic E-state index is 0.0634. The molecule has 3 aromatic rings. The molecular weight excluding hydrogens is 522 g/mol. The summed E-state index contributed by atoms with van der Waals surface area (Å²) >= 11 is 2.88. The van der Waals surface area contributed by atoms with Crippen molar-refractivity contribution < 1.29 is 19.4 Å². The second-order valence-corrected chi connectivity index (χ2v) is 12.3. The first-order chi connectivity index (χ1) is 18.2. The van der Waals surface area contributed by atoms with Crippen molar-refractivity contribution in [1.82, 2.24) is 20.2 Å². The number of aromatic nitrogens is 2. The molecular formula is C27H31N5O4S2. The van der Waals surface area contributed by atoms with Gasteiger partial charge in [-0.25, -0.2) is 9.88 Å². The molecule has 2 fully saturated rings. The Morgan fingerprint density at radius 1 is 1.18 bits per heavy atom. The number of thioether (sulfide) groups is 1. The van der Waals surface area contributed by atoms with Gasteiger partial charge in [0.05, 0.1) is 16.7 Å². The molecule has 3 atom stereocenters. The van der Waals surface area contributed by atoms with Gasteiger partial charge in [0, 0.05) is 40.7 Å². The standard InChI is InChI=1S/C27H31N5O4S2/c1-27(2,3)36-26(35)32-21(15-37-24(32)18-5-4-12-28-13-18)23(34)31-25-30-20(14-38-25)16-6-8-17(9-7-16)22(33)29-19-10-11-19/h4-9,12-14,19,21,24,26,35H,10-11,15H2,1-3H3,(H,29,33)(H,30,31,34)/t21-,24?,26?/m0/s1. The summed E-state index contributed by atoms with van der Waals surface area (Å²) in [6.07, 6.45) is 4.23. The smallest absolute Gasteiger partial charge is 0.251 e. The van der Waals surface area contributed by atoms with Crippen LogP contribution in [0.4, 0.5) is 5.13 Å². The molecule has 9 nitrogen and oxygen atoms in total. The summed E-state index contributed by atoms with van der Waals surface area (Å²) in [6, 6.07) is 10.7. The highest BCUT2D eigenvalue weighted by Crippen LogP contribution is 2.43. The van der Waals surface area contributed by atoms with Crippen LogP contribution in [0.5, 0.6) is 0 Å². The van der Waals surface area contributed by atoms with E-state index in [1.165, 1.54) is 11.3 Å². The molecule has 38 heavy (non-hydrogen) atoms. The van der Waals surface area contributed by atoms with Crippen LogP contribution in [0.3, 0.4) is 0 Å². The summed E-state index contributed by atoms with van der Waals surface area (Å²) in [5, 5.41) is 19.0. The SMILES string of the molecule is CC(C)(C)OC(O)N1C(c2cccnc2)SC[C@H]1C(=O)Nc1nc(-c2ccc(C(=O)NC3CC3)cc2)cs1. The van der Waals surface area contributed by atoms with E-state index < -0.39 is 18.1 Å². The van der Waals surface area contributed by atoms with Crippen molar-refractivity contribution in [1.29, 1.82) is 0 Å². The van der Waals surface area contributed by atoms with E-state index in [-0.39, 0.29) is 17.2 Å². The normalized spacial score (nSPS) is 20.7. The Balaban J connectivity index is 1.28. The molecule has 1 aromatic carbocycles. The first-order valence-corrected chi connectivity index (χ1v) is 14.4. The highest BCUT2D eigenvalue weighted by Gasteiger charge is 2.44. The van der Waals surface area contributed by atoms with Gasteiger partial charge in [-0.3, -0.25) is 14.6 Å². The molecule has 0 spiro atoms. The van der Waals surface area contributed by atoms with Crippen LogP contribution in [0, 0.1) is 0 Å². The first kappa shape index (κ1) is 26.8. The Hall–Kier alpha value is -2.83. The molecule has 0 bridgehead atoms. The zero-order valence-corrected chi connectivity index (χ0v) is 23.1. The van der Waals surface area contributed by atoms with E-state index in [0.29, 0.717) is 28.2 Å². The zero-order chi connectivity index (χ0) is 26.9. The van der Waals surface area contributed by atoms with Crippen molar-refractivity contribution in [2.24, 2.45) is 0 Å². The van der Waals surface area contributed by atoms with Crippen molar-refractivity contribution in [3.63, 3.8) is 0 Å². The molecule has 3 heterocycles. The van der Waals surface area contributed by atoms with E-state index in [1.54, 1.807) is 41.2 Å². The van der Waals surface area contributed by atoms with Gasteiger partial charge in [0.15, 0.2) is 5.13 Å². The average molecular weight is 554 g/mol. The van der Waals surface area contributed by atoms with Crippen molar-refractivity contribution in [3.05, 3.63) is 65.3 Å². The fourth-order valence-electron chi connectivity index (χ4n) is 4.11. The lowest BCUT2D eigenvalue weighted by Crippen LogP contribution is -2.50. The maximum Gasteiger partial charge on any atom is 0.251 e. The molecule has 5 rings (SSSR count). The number of carbonyl (C=O) groups is 2. The number of pyridine rings is 1. The zero-order valence-electron chi connectivity index (χ0n) is 21.5. The third-order valence-corrected chi connectivity index (χ3v) is 8.22. The lowest BCUT2D eigenvalue weighted by Gasteiger charge is -2.35. The number of ether oxygens (including phenoxy) is 1. The van der Waals surface area contributed by atoms with Crippen LogP contribution in [-0.4, -0.2) is 61.6 Å². The Morgan fingerprint density at radius 3 is 2.61 bits per heavy atom. The fraction of sp³-hybridized carbons (Fsp3) is 0.407. The molecule has 0 radical (unpaired) electrons. The highest BCUT2D eigenvalue weighted by molar-refractivity contribution is 7.99. The van der Waals surface area contributed by atoms with Crippen LogP contribution in [0.25, 0.3) is 11.3 Å². The van der Waals surface area contributed by atoms with Gasteiger partial charge in [-0.2, -0.15) is 0 Å². The summed E-state index contributed by atoms with van der Waals surface area (Å²) in [5.41, 5.74) is 2.46. The molecule has 2 unspecified atom stereocenters. The number of aliphatic hydroxyl groups excluding tert-OH is 1. The Kier molecular flexibility index (Phi) is 7.83. The highest BCUT2D eigenvalue weighted by atomic mass is 32.2. The predicted octanol–water partition coefficient (Wildman–Crippen LogP) is 4.24. The van der Waals surface area contributed by atoms with Gasteiger partial charge < -0.3 is 20.5 Å². The van der Waals surface area contributed by atoms with Crippen LogP contribution < -0.4 is 10.6 Å². The molecule has 3 N–H and O–H groups in total. The molecule has 2 amide bonds. The molecule has 1 saturated carbocycles. The van der Waals surface area contributed by atoms with E-state index in [9.17, 15) is 14.7 Å². The van der Waals surface area contributed by atoms with Crippen molar-refractivity contribution in [3.8, 4) is 11.3 Å². The number of nitrogens with zero attached hydrogens (tertiary/aromatic N) is 3. The predicted molar refractivity (Wildman–Crippen MR) is 149 cm³/mol. The maximum absolute atomic E-state index is 13.4. The quantitative estimate of drug-likeness (QED) is 0.355. The number of anilines is 1. The minimum Gasteiger partial charge on any atom is -0.356 e. The number of amides is 2. The van der Waals surface area contributed by atoms with Crippen LogP contribution >= 0.6 is 23.1 Å². The number of benzene rings is 1. The molecule has 2 aliphatic rings. The van der Waals surface area contributed by atoms with Gasteiger partial charge >= 0.3 is 0 Å². The van der Waals surface area contributed by atoms with Crippen molar-refractivity contribution >= 4 is 40.0 Å². The lowest BCUT2D eigenvalue weighted by atomic mass is 10.1.